The summed E-state index contributed by atoms with van der Waals surface area (Å²) in [6.07, 6.45) is 0. The largest absolute Gasteiger partial charge is 0.492 e. The molecule has 0 radical (unpaired) electrons. The molecular weight excluding hydrogens is 404 g/mol. The first-order chi connectivity index (χ1) is 15.4. The fourth-order valence-corrected chi connectivity index (χ4v) is 3.61. The minimum absolute atomic E-state index is 0.119. The average molecular weight is 439 g/mol. The lowest BCUT2D eigenvalue weighted by Gasteiger charge is -2.32. The lowest BCUT2D eigenvalue weighted by molar-refractivity contribution is -0.136. The van der Waals surface area contributed by atoms with E-state index in [1.807, 2.05) is 32.0 Å². The van der Waals surface area contributed by atoms with E-state index in [9.17, 15) is 9.59 Å². The number of hydrogen-bond donors (Lipinski definition) is 2. The number of nitrogens with zero attached hydrogens (tertiary/aromatic N) is 2. The molecule has 0 unspecified atom stereocenters. The maximum absolute atomic E-state index is 12.2. The second-order valence-electron chi connectivity index (χ2n) is 8.50. The second kappa shape index (κ2) is 11.6. The minimum Gasteiger partial charge on any atom is -0.492 e. The smallest absolute Gasteiger partial charge is 0.313 e. The Morgan fingerprint density at radius 2 is 1.75 bits per heavy atom. The first-order valence-electron chi connectivity index (χ1n) is 11.2. The van der Waals surface area contributed by atoms with Crippen LogP contribution in [0.5, 0.6) is 5.75 Å². The van der Waals surface area contributed by atoms with Gasteiger partial charge in [-0.05, 0) is 49.7 Å². The molecule has 0 spiro atoms. The van der Waals surface area contributed by atoms with Crippen LogP contribution in [0.25, 0.3) is 0 Å². The van der Waals surface area contributed by atoms with Crippen molar-refractivity contribution in [2.45, 2.75) is 19.8 Å². The lowest BCUT2D eigenvalue weighted by Crippen LogP contribution is -2.45. The van der Waals surface area contributed by atoms with Crippen LogP contribution in [0.1, 0.15) is 24.0 Å². The van der Waals surface area contributed by atoms with Gasteiger partial charge in [0.2, 0.25) is 0 Å². The lowest BCUT2D eigenvalue weighted by atomic mass is 9.99. The molecule has 2 aromatic rings. The van der Waals surface area contributed by atoms with Gasteiger partial charge in [0.15, 0.2) is 0 Å². The van der Waals surface area contributed by atoms with Crippen LogP contribution in [0, 0.1) is 6.92 Å². The van der Waals surface area contributed by atoms with Gasteiger partial charge < -0.3 is 20.3 Å². The van der Waals surface area contributed by atoms with Crippen LogP contribution in [-0.4, -0.2) is 74.5 Å². The summed E-state index contributed by atoms with van der Waals surface area (Å²) in [5.74, 6) is -0.454. The van der Waals surface area contributed by atoms with Gasteiger partial charge in [0.25, 0.3) is 0 Å². The quantitative estimate of drug-likeness (QED) is 0.620. The zero-order valence-electron chi connectivity index (χ0n) is 19.3. The van der Waals surface area contributed by atoms with Gasteiger partial charge in [-0.25, -0.2) is 0 Å². The molecule has 1 saturated heterocycles. The monoisotopic (exact) mass is 438 g/mol. The molecule has 32 heavy (non-hydrogen) atoms. The summed E-state index contributed by atoms with van der Waals surface area (Å²) in [6.45, 7) is 10.3. The predicted molar refractivity (Wildman–Crippen MR) is 127 cm³/mol. The highest BCUT2D eigenvalue weighted by atomic mass is 16.5. The molecular formula is C25H34N4O3. The van der Waals surface area contributed by atoms with Crippen LogP contribution in [0.15, 0.2) is 48.5 Å². The Labute approximate surface area is 190 Å². The minimum atomic E-state index is -0.676. The highest BCUT2D eigenvalue weighted by Crippen LogP contribution is 2.17. The molecule has 1 heterocycles. The van der Waals surface area contributed by atoms with Crippen LogP contribution in [0.3, 0.4) is 0 Å². The Kier molecular flexibility index (Phi) is 8.64. The van der Waals surface area contributed by atoms with Crippen molar-refractivity contribution in [1.82, 2.24) is 15.1 Å². The maximum atomic E-state index is 12.2. The van der Waals surface area contributed by atoms with Crippen molar-refractivity contribution in [3.05, 3.63) is 59.7 Å². The summed E-state index contributed by atoms with van der Waals surface area (Å²) < 4.78 is 5.81. The molecule has 1 atom stereocenters. The zero-order valence-corrected chi connectivity index (χ0v) is 19.3. The fraction of sp³-hybridized carbons (Fsp3) is 0.440. The van der Waals surface area contributed by atoms with Crippen LogP contribution in [0.2, 0.25) is 0 Å². The number of ether oxygens (including phenoxy) is 1. The molecule has 1 aliphatic rings. The van der Waals surface area contributed by atoms with Crippen LogP contribution < -0.4 is 15.4 Å². The number of amides is 2. The third-order valence-corrected chi connectivity index (χ3v) is 5.77. The number of hydrogen-bond acceptors (Lipinski definition) is 5. The standard InChI is InChI=1S/C25H34N4O3/c1-19-5-4-6-21(17-19)20(2)18-26-24(30)25(31)27-22-7-9-23(10-8-22)32-16-15-29-13-11-28(3)12-14-29/h4-10,17,20H,11-16,18H2,1-3H3,(H,26,30)(H,27,31)/t20-/m0/s1. The van der Waals surface area contributed by atoms with Crippen LogP contribution in [-0.2, 0) is 9.59 Å². The van der Waals surface area contributed by atoms with E-state index >= 15 is 0 Å². The highest BCUT2D eigenvalue weighted by Gasteiger charge is 2.16. The van der Waals surface area contributed by atoms with Crippen LogP contribution in [0.4, 0.5) is 5.69 Å². The predicted octanol–water partition coefficient (Wildman–Crippen LogP) is 2.48. The molecule has 0 bridgehead atoms. The van der Waals surface area contributed by atoms with E-state index in [4.69, 9.17) is 4.74 Å². The molecule has 1 fully saturated rings. The number of nitrogens with one attached hydrogen (secondary N) is 2. The first kappa shape index (κ1) is 23.8. The van der Waals surface area contributed by atoms with Gasteiger partial charge >= 0.3 is 11.8 Å². The summed E-state index contributed by atoms with van der Waals surface area (Å²) in [7, 11) is 2.14. The summed E-state index contributed by atoms with van der Waals surface area (Å²) in [6, 6.07) is 15.2. The zero-order chi connectivity index (χ0) is 22.9. The van der Waals surface area contributed by atoms with Crippen molar-refractivity contribution < 1.29 is 14.3 Å². The van der Waals surface area contributed by atoms with E-state index in [2.05, 4.69) is 33.5 Å². The number of rotatable bonds is 8. The SMILES string of the molecule is Cc1cccc([C@@H](C)CNC(=O)C(=O)Nc2ccc(OCCN3CCN(C)CC3)cc2)c1. The van der Waals surface area contributed by atoms with Gasteiger partial charge in [-0.3, -0.25) is 14.5 Å². The van der Waals surface area contributed by atoms with E-state index in [-0.39, 0.29) is 5.92 Å². The van der Waals surface area contributed by atoms with Gasteiger partial charge in [-0.2, -0.15) is 0 Å². The van der Waals surface area contributed by atoms with Crippen molar-refractivity contribution in [3.8, 4) is 5.75 Å². The third-order valence-electron chi connectivity index (χ3n) is 5.77. The van der Waals surface area contributed by atoms with Gasteiger partial charge in [0.1, 0.15) is 12.4 Å². The second-order valence-corrected chi connectivity index (χ2v) is 8.50. The fourth-order valence-electron chi connectivity index (χ4n) is 3.61. The number of likely N-dealkylation sites (N-methyl/N-ethyl adjacent to an activating group) is 1. The Hall–Kier alpha value is -2.90. The Bertz CT molecular complexity index is 892. The molecule has 2 aromatic carbocycles. The molecule has 2 N–H and O–H groups in total. The van der Waals surface area contributed by atoms with Gasteiger partial charge in [0, 0.05) is 45.0 Å². The van der Waals surface area contributed by atoms with E-state index in [1.165, 1.54) is 5.56 Å². The van der Waals surface area contributed by atoms with E-state index in [0.717, 1.165) is 44.0 Å². The molecule has 0 saturated carbocycles. The number of piperazine rings is 1. The molecule has 2 amide bonds. The van der Waals surface area contributed by atoms with E-state index in [1.54, 1.807) is 24.3 Å². The normalized spacial score (nSPS) is 15.7. The number of anilines is 1. The molecule has 7 heteroatoms. The van der Waals surface area contributed by atoms with E-state index < -0.39 is 11.8 Å². The number of aryl methyl sites for hydroxylation is 1. The summed E-state index contributed by atoms with van der Waals surface area (Å²) in [5.41, 5.74) is 2.86. The van der Waals surface area contributed by atoms with Crippen molar-refractivity contribution >= 4 is 17.5 Å². The summed E-state index contributed by atoms with van der Waals surface area (Å²) >= 11 is 0. The third kappa shape index (κ3) is 7.35. The Balaban J connectivity index is 1.38. The van der Waals surface area contributed by atoms with E-state index in [0.29, 0.717) is 18.8 Å². The Morgan fingerprint density at radius 1 is 1.03 bits per heavy atom. The highest BCUT2D eigenvalue weighted by molar-refractivity contribution is 6.39. The van der Waals surface area contributed by atoms with Crippen LogP contribution >= 0.6 is 0 Å². The van der Waals surface area contributed by atoms with Gasteiger partial charge in [-0.15, -0.1) is 0 Å². The van der Waals surface area contributed by atoms with Crippen molar-refractivity contribution in [3.63, 3.8) is 0 Å². The van der Waals surface area contributed by atoms with Crippen molar-refractivity contribution in [2.75, 3.05) is 58.2 Å². The summed E-state index contributed by atoms with van der Waals surface area (Å²) in [4.78, 5) is 29.1. The number of carbonyl (C=O) groups is 2. The molecule has 7 nitrogen and oxygen atoms in total. The topological polar surface area (TPSA) is 73.9 Å². The van der Waals surface area contributed by atoms with Crippen molar-refractivity contribution in [2.24, 2.45) is 0 Å². The molecule has 3 rings (SSSR count). The Morgan fingerprint density at radius 3 is 2.44 bits per heavy atom. The van der Waals surface area contributed by atoms with Crippen molar-refractivity contribution in [1.29, 1.82) is 0 Å². The number of carbonyl (C=O) groups excluding carboxylic acids is 2. The van der Waals surface area contributed by atoms with Gasteiger partial charge in [0.05, 0.1) is 0 Å². The number of benzene rings is 2. The average Bonchev–Trinajstić information content (AvgIpc) is 2.79. The molecule has 0 aromatic heterocycles. The molecule has 172 valence electrons. The van der Waals surface area contributed by atoms with Gasteiger partial charge in [-0.1, -0.05) is 36.8 Å². The summed E-state index contributed by atoms with van der Waals surface area (Å²) in [5, 5.41) is 5.34. The molecule has 0 aliphatic carbocycles. The first-order valence-corrected chi connectivity index (χ1v) is 11.2. The molecule has 1 aliphatic heterocycles. The maximum Gasteiger partial charge on any atom is 0.313 e.